The van der Waals surface area contributed by atoms with Gasteiger partial charge < -0.3 is 4.98 Å². The van der Waals surface area contributed by atoms with Gasteiger partial charge in [0.05, 0.1) is 44.8 Å². The number of imidazole rings is 1. The number of pyridine rings is 5. The molecule has 41 heavy (non-hydrogen) atoms. The summed E-state index contributed by atoms with van der Waals surface area (Å²) < 4.78 is 0. The molecule has 0 amide bonds. The summed E-state index contributed by atoms with van der Waals surface area (Å²) in [6.45, 7) is 0. The highest BCUT2D eigenvalue weighted by Gasteiger charge is 2.16. The van der Waals surface area contributed by atoms with Crippen molar-refractivity contribution in [2.75, 3.05) is 0 Å². The minimum atomic E-state index is 0.797. The summed E-state index contributed by atoms with van der Waals surface area (Å²) in [7, 11) is 0. The molecule has 7 heteroatoms. The zero-order chi connectivity index (χ0) is 27.2. The lowest BCUT2D eigenvalue weighted by atomic mass is 10.0. The van der Waals surface area contributed by atoms with E-state index in [2.05, 4.69) is 67.4 Å². The first-order valence-electron chi connectivity index (χ1n) is 13.3. The van der Waals surface area contributed by atoms with Crippen LogP contribution < -0.4 is 0 Å². The summed E-state index contributed by atoms with van der Waals surface area (Å²) in [6, 6.07) is 32.2. The Labute approximate surface area is 234 Å². The van der Waals surface area contributed by atoms with E-state index in [9.17, 15) is 0 Å². The van der Waals surface area contributed by atoms with E-state index in [1.807, 2.05) is 54.6 Å². The summed E-state index contributed by atoms with van der Waals surface area (Å²) in [5.41, 5.74) is 9.88. The number of aromatic amines is 1. The van der Waals surface area contributed by atoms with Crippen LogP contribution >= 0.6 is 0 Å². The highest BCUT2D eigenvalue weighted by molar-refractivity contribution is 6.21. The van der Waals surface area contributed by atoms with Crippen molar-refractivity contribution in [1.29, 1.82) is 0 Å². The minimum absolute atomic E-state index is 0.797. The molecule has 192 valence electrons. The Morgan fingerprint density at radius 3 is 1.63 bits per heavy atom. The Morgan fingerprint density at radius 2 is 1.00 bits per heavy atom. The van der Waals surface area contributed by atoms with Gasteiger partial charge in [0.15, 0.2) is 0 Å². The van der Waals surface area contributed by atoms with Crippen molar-refractivity contribution >= 4 is 32.8 Å². The maximum Gasteiger partial charge on any atom is 0.138 e. The lowest BCUT2D eigenvalue weighted by molar-refractivity contribution is 1.22. The van der Waals surface area contributed by atoms with Crippen molar-refractivity contribution in [3.05, 3.63) is 122 Å². The van der Waals surface area contributed by atoms with Crippen molar-refractivity contribution in [3.63, 3.8) is 0 Å². The Balaban J connectivity index is 1.24. The fourth-order valence-corrected chi connectivity index (χ4v) is 5.29. The molecule has 0 saturated carbocycles. The first kappa shape index (κ1) is 23.1. The first-order valence-corrected chi connectivity index (χ1v) is 13.3. The van der Waals surface area contributed by atoms with Crippen LogP contribution in [0.3, 0.4) is 0 Å². The average molecular weight is 528 g/mol. The van der Waals surface area contributed by atoms with Crippen molar-refractivity contribution in [3.8, 4) is 45.3 Å². The quantitative estimate of drug-likeness (QED) is 0.238. The maximum absolute atomic E-state index is 5.02. The Bertz CT molecular complexity index is 2060. The molecule has 0 aliphatic carbocycles. The third kappa shape index (κ3) is 3.99. The van der Waals surface area contributed by atoms with Gasteiger partial charge in [0.25, 0.3) is 0 Å². The molecule has 0 saturated heterocycles. The van der Waals surface area contributed by atoms with E-state index in [0.717, 1.165) is 78.1 Å². The van der Waals surface area contributed by atoms with Gasteiger partial charge in [-0.1, -0.05) is 36.4 Å². The molecule has 0 bridgehead atoms. The molecule has 0 spiro atoms. The molecular formula is C34H21N7. The smallest absolute Gasteiger partial charge is 0.138 e. The summed E-state index contributed by atoms with van der Waals surface area (Å²) in [5, 5.41) is 1.98. The second-order valence-electron chi connectivity index (χ2n) is 9.74. The minimum Gasteiger partial charge on any atom is -0.337 e. The van der Waals surface area contributed by atoms with Crippen LogP contribution in [-0.4, -0.2) is 34.9 Å². The number of hydrogen-bond donors (Lipinski definition) is 1. The summed E-state index contributed by atoms with van der Waals surface area (Å²) in [5.74, 6) is 0.797. The molecule has 0 unspecified atom stereocenters. The monoisotopic (exact) mass is 527 g/mol. The molecule has 0 aliphatic heterocycles. The van der Waals surface area contributed by atoms with Gasteiger partial charge in [0, 0.05) is 41.1 Å². The third-order valence-electron chi connectivity index (χ3n) is 7.24. The Kier molecular flexibility index (Phi) is 5.31. The number of benzene rings is 2. The number of rotatable bonds is 4. The number of H-pyrrole nitrogens is 1. The van der Waals surface area contributed by atoms with Gasteiger partial charge in [-0.15, -0.1) is 0 Å². The van der Waals surface area contributed by atoms with Crippen molar-refractivity contribution in [2.45, 2.75) is 0 Å². The summed E-state index contributed by atoms with van der Waals surface area (Å²) >= 11 is 0. The van der Waals surface area contributed by atoms with E-state index in [4.69, 9.17) is 9.97 Å². The SMILES string of the molecule is c1ccc(-c2cc(-c3ccc(-c4nc5c6cccnc6c6ncccc6c5[nH]4)cc3)cc(-c3ccccn3)n2)nc1. The molecule has 0 atom stereocenters. The molecule has 2 aromatic carbocycles. The van der Waals surface area contributed by atoms with Crippen LogP contribution in [0.5, 0.6) is 0 Å². The second kappa shape index (κ2) is 9.43. The topological polar surface area (TPSA) is 93.1 Å². The predicted octanol–water partition coefficient (Wildman–Crippen LogP) is 7.51. The standard InChI is InChI=1S/C34H21N7/c1-3-15-35-26(9-1)28-19-23(20-29(39-28)27-10-2-4-16-36-27)21-11-13-22(14-12-21)34-40-32-24-7-5-17-37-30(24)31-25(33(32)41-34)8-6-18-38-31/h1-20H,(H,40,41). The van der Waals surface area contributed by atoms with E-state index in [-0.39, 0.29) is 0 Å². The van der Waals surface area contributed by atoms with Crippen molar-refractivity contribution < 1.29 is 0 Å². The van der Waals surface area contributed by atoms with Gasteiger partial charge in [0.2, 0.25) is 0 Å². The molecule has 0 aliphatic rings. The molecule has 0 fully saturated rings. The van der Waals surface area contributed by atoms with Crippen LogP contribution in [0.4, 0.5) is 0 Å². The highest BCUT2D eigenvalue weighted by Crippen LogP contribution is 2.34. The molecule has 7 nitrogen and oxygen atoms in total. The largest absolute Gasteiger partial charge is 0.337 e. The number of hydrogen-bond acceptors (Lipinski definition) is 6. The summed E-state index contributed by atoms with van der Waals surface area (Å²) in [4.78, 5) is 31.8. The molecular weight excluding hydrogens is 506 g/mol. The van der Waals surface area contributed by atoms with Gasteiger partial charge in [-0.25, -0.2) is 9.97 Å². The molecule has 6 aromatic heterocycles. The van der Waals surface area contributed by atoms with E-state index >= 15 is 0 Å². The van der Waals surface area contributed by atoms with Crippen LogP contribution in [-0.2, 0) is 0 Å². The Hall–Kier alpha value is -5.82. The summed E-state index contributed by atoms with van der Waals surface area (Å²) in [6.07, 6.45) is 7.16. The van der Waals surface area contributed by atoms with Crippen LogP contribution in [0.15, 0.2) is 122 Å². The molecule has 8 rings (SSSR count). The van der Waals surface area contributed by atoms with Crippen LogP contribution in [0.1, 0.15) is 0 Å². The van der Waals surface area contributed by atoms with Crippen LogP contribution in [0.2, 0.25) is 0 Å². The van der Waals surface area contributed by atoms with Crippen LogP contribution in [0.25, 0.3) is 78.1 Å². The Morgan fingerprint density at radius 1 is 0.415 bits per heavy atom. The van der Waals surface area contributed by atoms with E-state index in [1.165, 1.54) is 0 Å². The normalized spacial score (nSPS) is 11.4. The molecule has 8 aromatic rings. The zero-order valence-electron chi connectivity index (χ0n) is 21.7. The van der Waals surface area contributed by atoms with Crippen molar-refractivity contribution in [2.24, 2.45) is 0 Å². The zero-order valence-corrected chi connectivity index (χ0v) is 21.7. The number of fused-ring (bicyclic) bond motifs is 6. The number of nitrogens with one attached hydrogen (secondary N) is 1. The third-order valence-corrected chi connectivity index (χ3v) is 7.24. The van der Waals surface area contributed by atoms with Crippen LogP contribution in [0, 0.1) is 0 Å². The van der Waals surface area contributed by atoms with E-state index in [1.54, 1.807) is 24.8 Å². The van der Waals surface area contributed by atoms with Gasteiger partial charge in [-0.3, -0.25) is 19.9 Å². The van der Waals surface area contributed by atoms with E-state index < -0.39 is 0 Å². The molecule has 1 N–H and O–H groups in total. The maximum atomic E-state index is 5.02. The average Bonchev–Trinajstić information content (AvgIpc) is 3.52. The predicted molar refractivity (Wildman–Crippen MR) is 162 cm³/mol. The van der Waals surface area contributed by atoms with Gasteiger partial charge in [-0.2, -0.15) is 0 Å². The molecule has 0 radical (unpaired) electrons. The second-order valence-corrected chi connectivity index (χ2v) is 9.74. The van der Waals surface area contributed by atoms with Gasteiger partial charge >= 0.3 is 0 Å². The fraction of sp³-hybridized carbons (Fsp3) is 0. The molecule has 6 heterocycles. The lowest BCUT2D eigenvalue weighted by Gasteiger charge is -2.10. The van der Waals surface area contributed by atoms with Gasteiger partial charge in [0.1, 0.15) is 5.82 Å². The number of nitrogens with zero attached hydrogens (tertiary/aromatic N) is 6. The number of aromatic nitrogens is 7. The van der Waals surface area contributed by atoms with E-state index in [0.29, 0.717) is 0 Å². The van der Waals surface area contributed by atoms with Crippen molar-refractivity contribution in [1.82, 2.24) is 34.9 Å². The van der Waals surface area contributed by atoms with Gasteiger partial charge in [-0.05, 0) is 71.8 Å². The highest BCUT2D eigenvalue weighted by atomic mass is 14.9. The lowest BCUT2D eigenvalue weighted by Crippen LogP contribution is -1.94. The fourth-order valence-electron chi connectivity index (χ4n) is 5.29. The first-order chi connectivity index (χ1) is 20.3.